The van der Waals surface area contributed by atoms with E-state index in [0.717, 1.165) is 16.0 Å². The Morgan fingerprint density at radius 3 is 2.61 bits per heavy atom. The predicted octanol–water partition coefficient (Wildman–Crippen LogP) is 6.25. The number of hydrogen-bond acceptors (Lipinski definition) is 6. The van der Waals surface area contributed by atoms with E-state index in [4.69, 9.17) is 4.42 Å². The van der Waals surface area contributed by atoms with E-state index in [9.17, 15) is 14.9 Å². The highest BCUT2D eigenvalue weighted by atomic mass is 32.2. The summed E-state index contributed by atoms with van der Waals surface area (Å²) in [5, 5.41) is 17.3. The lowest BCUT2D eigenvalue weighted by molar-refractivity contribution is -0.115. The Morgan fingerprint density at radius 1 is 1.06 bits per heavy atom. The molecule has 2 heterocycles. The minimum absolute atomic E-state index is 0.206. The van der Waals surface area contributed by atoms with Crippen LogP contribution in [0.4, 0.5) is 10.7 Å². The molecule has 0 fully saturated rings. The van der Waals surface area contributed by atoms with Gasteiger partial charge in [0, 0.05) is 21.5 Å². The molecule has 0 spiro atoms. The fourth-order valence-electron chi connectivity index (χ4n) is 3.11. The summed E-state index contributed by atoms with van der Waals surface area (Å²) in [4.78, 5) is 25.8. The van der Waals surface area contributed by atoms with E-state index in [1.807, 2.05) is 47.8 Å². The minimum atomic E-state index is -0.421. The number of rotatable bonds is 7. The Kier molecular flexibility index (Phi) is 6.93. The molecule has 2 N–H and O–H groups in total. The predicted molar refractivity (Wildman–Crippen MR) is 132 cm³/mol. The number of furan rings is 1. The minimum Gasteiger partial charge on any atom is -0.459 e. The van der Waals surface area contributed by atoms with E-state index >= 15 is 0 Å². The summed E-state index contributed by atoms with van der Waals surface area (Å²) < 4.78 is 5.11. The van der Waals surface area contributed by atoms with Crippen molar-refractivity contribution in [1.82, 2.24) is 0 Å². The second kappa shape index (κ2) is 10.2. The van der Waals surface area contributed by atoms with Crippen molar-refractivity contribution in [2.45, 2.75) is 17.1 Å². The second-order valence-electron chi connectivity index (χ2n) is 7.04. The summed E-state index contributed by atoms with van der Waals surface area (Å²) in [5.74, 6) is -0.327. The lowest BCUT2D eigenvalue weighted by Gasteiger charge is -2.12. The molecule has 8 heteroatoms. The fourth-order valence-corrected chi connectivity index (χ4v) is 4.96. The highest BCUT2D eigenvalue weighted by molar-refractivity contribution is 8.00. The third-order valence-corrected chi connectivity index (χ3v) is 6.73. The molecule has 0 aliphatic rings. The van der Waals surface area contributed by atoms with Gasteiger partial charge in [-0.2, -0.15) is 5.26 Å². The van der Waals surface area contributed by atoms with Crippen molar-refractivity contribution in [1.29, 1.82) is 5.26 Å². The van der Waals surface area contributed by atoms with Crippen LogP contribution in [-0.2, 0) is 4.79 Å². The fraction of sp³-hybridized carbons (Fsp3) is 0.0800. The van der Waals surface area contributed by atoms with Crippen LogP contribution in [0.1, 0.15) is 23.0 Å². The number of nitrogens with zero attached hydrogens (tertiary/aromatic N) is 1. The molecule has 0 aliphatic heterocycles. The summed E-state index contributed by atoms with van der Waals surface area (Å²) in [6, 6.07) is 22.3. The molecule has 1 atom stereocenters. The normalized spacial score (nSPS) is 11.4. The summed E-state index contributed by atoms with van der Waals surface area (Å²) >= 11 is 2.70. The van der Waals surface area contributed by atoms with Gasteiger partial charge in [-0.1, -0.05) is 36.4 Å². The number of amides is 2. The topological polar surface area (TPSA) is 95.1 Å². The molecular formula is C25H19N3O3S2. The van der Waals surface area contributed by atoms with Crippen molar-refractivity contribution in [2.75, 3.05) is 10.6 Å². The van der Waals surface area contributed by atoms with Gasteiger partial charge < -0.3 is 15.1 Å². The van der Waals surface area contributed by atoms with Gasteiger partial charge in [0.25, 0.3) is 5.91 Å². The molecule has 0 aliphatic carbocycles. The van der Waals surface area contributed by atoms with Gasteiger partial charge in [0.15, 0.2) is 5.76 Å². The van der Waals surface area contributed by atoms with E-state index in [-0.39, 0.29) is 17.6 Å². The van der Waals surface area contributed by atoms with Gasteiger partial charge in [0.1, 0.15) is 11.1 Å². The third-order valence-electron chi connectivity index (χ3n) is 4.74. The molecule has 0 bridgehead atoms. The lowest BCUT2D eigenvalue weighted by atomic mass is 10.1. The third kappa shape index (κ3) is 5.34. The number of thioether (sulfide) groups is 1. The van der Waals surface area contributed by atoms with Crippen LogP contribution in [0.15, 0.2) is 87.7 Å². The lowest BCUT2D eigenvalue weighted by Crippen LogP contribution is -2.22. The van der Waals surface area contributed by atoms with E-state index < -0.39 is 5.25 Å². The van der Waals surface area contributed by atoms with Crippen LogP contribution < -0.4 is 10.6 Å². The van der Waals surface area contributed by atoms with Crippen LogP contribution >= 0.6 is 23.1 Å². The quantitative estimate of drug-likeness (QED) is 0.309. The second-order valence-corrected chi connectivity index (χ2v) is 9.33. The molecule has 2 aromatic heterocycles. The first kappa shape index (κ1) is 22.4. The van der Waals surface area contributed by atoms with Crippen LogP contribution in [0.3, 0.4) is 0 Å². The molecule has 6 nitrogen and oxygen atoms in total. The number of benzene rings is 2. The van der Waals surface area contributed by atoms with E-state index in [1.54, 1.807) is 31.2 Å². The largest absolute Gasteiger partial charge is 0.459 e. The molecular weight excluding hydrogens is 454 g/mol. The summed E-state index contributed by atoms with van der Waals surface area (Å²) in [6.45, 7) is 1.80. The maximum atomic E-state index is 12.8. The molecule has 0 radical (unpaired) electrons. The van der Waals surface area contributed by atoms with Crippen molar-refractivity contribution >= 4 is 45.6 Å². The van der Waals surface area contributed by atoms with E-state index in [2.05, 4.69) is 16.7 Å². The SMILES string of the molecule is CC(Sc1cccc(NC(=O)c2ccco2)c1)C(=O)Nc1scc(-c2ccccc2)c1C#N. The number of thiophene rings is 1. The first-order chi connectivity index (χ1) is 16.0. The molecule has 1 unspecified atom stereocenters. The number of nitriles is 1. The van der Waals surface area contributed by atoms with Gasteiger partial charge in [-0.15, -0.1) is 23.1 Å². The molecule has 2 aromatic carbocycles. The molecule has 2 amide bonds. The zero-order valence-electron chi connectivity index (χ0n) is 17.6. The van der Waals surface area contributed by atoms with Gasteiger partial charge in [-0.3, -0.25) is 9.59 Å². The summed E-state index contributed by atoms with van der Waals surface area (Å²) in [6.07, 6.45) is 1.44. The Balaban J connectivity index is 1.42. The zero-order valence-corrected chi connectivity index (χ0v) is 19.2. The number of carbonyl (C=O) groups excluding carboxylic acids is 2. The molecule has 0 saturated carbocycles. The standard InChI is InChI=1S/C25H19N3O3S2/c1-16(33-19-10-5-9-18(13-19)27-24(30)22-11-6-12-31-22)23(29)28-25-20(14-26)21(15-32-25)17-7-3-2-4-8-17/h2-13,15-16H,1H3,(H,27,30)(H,28,29). The number of hydrogen-bond donors (Lipinski definition) is 2. The van der Waals surface area contributed by atoms with Crippen LogP contribution in [0.2, 0.25) is 0 Å². The Morgan fingerprint density at radius 2 is 1.88 bits per heavy atom. The van der Waals surface area contributed by atoms with Crippen molar-refractivity contribution in [2.24, 2.45) is 0 Å². The summed E-state index contributed by atoms with van der Waals surface area (Å²) in [7, 11) is 0. The van der Waals surface area contributed by atoms with Crippen LogP contribution in [0.25, 0.3) is 11.1 Å². The number of nitrogens with one attached hydrogen (secondary N) is 2. The molecule has 4 rings (SSSR count). The zero-order chi connectivity index (χ0) is 23.2. The van der Waals surface area contributed by atoms with Crippen LogP contribution in [0.5, 0.6) is 0 Å². The first-order valence-corrected chi connectivity index (χ1v) is 11.8. The maximum Gasteiger partial charge on any atom is 0.291 e. The van der Waals surface area contributed by atoms with Crippen LogP contribution in [0, 0.1) is 11.3 Å². The average molecular weight is 474 g/mol. The Labute approximate surface area is 199 Å². The molecule has 33 heavy (non-hydrogen) atoms. The van der Waals surface area contributed by atoms with Gasteiger partial charge >= 0.3 is 0 Å². The molecule has 4 aromatic rings. The highest BCUT2D eigenvalue weighted by Crippen LogP contribution is 2.35. The van der Waals surface area contributed by atoms with E-state index in [1.165, 1.54) is 29.4 Å². The van der Waals surface area contributed by atoms with Crippen molar-refractivity contribution in [3.8, 4) is 17.2 Å². The van der Waals surface area contributed by atoms with Gasteiger partial charge in [-0.25, -0.2) is 0 Å². The van der Waals surface area contributed by atoms with Crippen molar-refractivity contribution in [3.05, 3.63) is 89.7 Å². The van der Waals surface area contributed by atoms with Crippen molar-refractivity contribution in [3.63, 3.8) is 0 Å². The van der Waals surface area contributed by atoms with Gasteiger partial charge in [-0.05, 0) is 42.8 Å². The molecule has 164 valence electrons. The Bertz CT molecular complexity index is 1310. The maximum absolute atomic E-state index is 12.8. The van der Waals surface area contributed by atoms with Crippen molar-refractivity contribution < 1.29 is 14.0 Å². The average Bonchev–Trinajstić information content (AvgIpc) is 3.50. The van der Waals surface area contributed by atoms with Gasteiger partial charge in [0.2, 0.25) is 5.91 Å². The highest BCUT2D eigenvalue weighted by Gasteiger charge is 2.20. The van der Waals surface area contributed by atoms with Gasteiger partial charge in [0.05, 0.1) is 17.1 Å². The molecule has 0 saturated heterocycles. The Hall–Kier alpha value is -3.80. The number of carbonyl (C=O) groups is 2. The number of anilines is 2. The van der Waals surface area contributed by atoms with Crippen LogP contribution in [-0.4, -0.2) is 17.1 Å². The van der Waals surface area contributed by atoms with E-state index in [0.29, 0.717) is 16.3 Å². The first-order valence-electron chi connectivity index (χ1n) is 10.0. The monoisotopic (exact) mass is 473 g/mol. The summed E-state index contributed by atoms with van der Waals surface area (Å²) in [5.41, 5.74) is 2.80. The smallest absolute Gasteiger partial charge is 0.291 e.